The lowest BCUT2D eigenvalue weighted by Crippen LogP contribution is -2.00. The van der Waals surface area contributed by atoms with E-state index in [1.165, 1.54) is 0 Å². The van der Waals surface area contributed by atoms with E-state index >= 15 is 0 Å². The van der Waals surface area contributed by atoms with Gasteiger partial charge in [0.05, 0.1) is 6.61 Å². The first-order chi connectivity index (χ1) is 11.4. The van der Waals surface area contributed by atoms with Gasteiger partial charge in [-0.25, -0.2) is 0 Å². The fourth-order valence-electron chi connectivity index (χ4n) is 1.91. The number of hydrogen-bond donors (Lipinski definition) is 0. The molecular formula is C19H17O3P. The summed E-state index contributed by atoms with van der Waals surface area (Å²) in [6.07, 6.45) is 0. The molecule has 0 spiro atoms. The molecule has 0 atom stereocenters. The van der Waals surface area contributed by atoms with Crippen molar-refractivity contribution in [3.63, 3.8) is 0 Å². The van der Waals surface area contributed by atoms with Gasteiger partial charge < -0.3 is 9.05 Å². The maximum Gasteiger partial charge on any atom is 0.463 e. The van der Waals surface area contributed by atoms with Crippen LogP contribution in [-0.4, -0.2) is 0 Å². The predicted octanol–water partition coefficient (Wildman–Crippen LogP) is 5.59. The van der Waals surface area contributed by atoms with E-state index in [0.717, 1.165) is 17.1 Å². The number of para-hydroxylation sites is 2. The van der Waals surface area contributed by atoms with Gasteiger partial charge in [-0.05, 0) is 29.8 Å². The van der Waals surface area contributed by atoms with Crippen molar-refractivity contribution in [1.29, 1.82) is 0 Å². The van der Waals surface area contributed by atoms with Crippen molar-refractivity contribution in [2.24, 2.45) is 0 Å². The van der Waals surface area contributed by atoms with Crippen LogP contribution in [0.15, 0.2) is 91.0 Å². The minimum atomic E-state index is -1.54. The van der Waals surface area contributed by atoms with E-state index in [4.69, 9.17) is 13.6 Å². The Morgan fingerprint density at radius 1 is 0.565 bits per heavy atom. The second-order valence-corrected chi connectivity index (χ2v) is 5.86. The highest BCUT2D eigenvalue weighted by Crippen LogP contribution is 2.42. The lowest BCUT2D eigenvalue weighted by Gasteiger charge is -2.17. The Bertz CT molecular complexity index is 648. The molecule has 0 fully saturated rings. The molecule has 0 aliphatic rings. The minimum absolute atomic E-state index is 0.437. The molecule has 116 valence electrons. The first kappa shape index (κ1) is 15.5. The summed E-state index contributed by atoms with van der Waals surface area (Å²) in [6.45, 7) is 0.437. The molecule has 0 aromatic heterocycles. The summed E-state index contributed by atoms with van der Waals surface area (Å²) in [5.41, 5.74) is 1.08. The van der Waals surface area contributed by atoms with Crippen LogP contribution < -0.4 is 9.05 Å². The Labute approximate surface area is 137 Å². The average molecular weight is 324 g/mol. The van der Waals surface area contributed by atoms with Gasteiger partial charge in [-0.3, -0.25) is 4.52 Å². The predicted molar refractivity (Wildman–Crippen MR) is 92.3 cm³/mol. The molecule has 3 nitrogen and oxygen atoms in total. The van der Waals surface area contributed by atoms with Crippen molar-refractivity contribution in [3.8, 4) is 11.5 Å². The third-order valence-electron chi connectivity index (χ3n) is 3.03. The highest BCUT2D eigenvalue weighted by atomic mass is 31.2. The summed E-state index contributed by atoms with van der Waals surface area (Å²) in [5.74, 6) is 1.45. The van der Waals surface area contributed by atoms with E-state index in [1.807, 2.05) is 91.0 Å². The van der Waals surface area contributed by atoms with Gasteiger partial charge in [-0.1, -0.05) is 66.7 Å². The Morgan fingerprint density at radius 3 is 1.48 bits per heavy atom. The minimum Gasteiger partial charge on any atom is -0.418 e. The topological polar surface area (TPSA) is 27.7 Å². The van der Waals surface area contributed by atoms with Crippen LogP contribution in [-0.2, 0) is 11.1 Å². The van der Waals surface area contributed by atoms with Gasteiger partial charge in [0.15, 0.2) is 0 Å². The highest BCUT2D eigenvalue weighted by molar-refractivity contribution is 7.42. The Morgan fingerprint density at radius 2 is 1.00 bits per heavy atom. The SMILES string of the molecule is c1ccc(COP(Oc2ccccc2)Oc2ccccc2)cc1. The van der Waals surface area contributed by atoms with Crippen molar-refractivity contribution >= 4 is 8.60 Å². The van der Waals surface area contributed by atoms with Gasteiger partial charge in [-0.2, -0.15) is 0 Å². The summed E-state index contributed by atoms with van der Waals surface area (Å²) in [7, 11) is -1.54. The van der Waals surface area contributed by atoms with Crippen molar-refractivity contribution in [2.45, 2.75) is 6.61 Å². The van der Waals surface area contributed by atoms with E-state index in [2.05, 4.69) is 0 Å². The van der Waals surface area contributed by atoms with Crippen molar-refractivity contribution in [1.82, 2.24) is 0 Å². The van der Waals surface area contributed by atoms with Gasteiger partial charge in [0.25, 0.3) is 0 Å². The van der Waals surface area contributed by atoms with Crippen LogP contribution in [0.1, 0.15) is 5.56 Å². The molecule has 0 unspecified atom stereocenters. The first-order valence-electron chi connectivity index (χ1n) is 7.33. The molecule has 3 aromatic rings. The zero-order valence-electron chi connectivity index (χ0n) is 12.5. The van der Waals surface area contributed by atoms with Crippen LogP contribution in [0.4, 0.5) is 0 Å². The monoisotopic (exact) mass is 324 g/mol. The van der Waals surface area contributed by atoms with Crippen LogP contribution in [0.3, 0.4) is 0 Å². The summed E-state index contributed by atoms with van der Waals surface area (Å²) in [6, 6.07) is 29.1. The van der Waals surface area contributed by atoms with Crippen molar-refractivity contribution < 1.29 is 13.6 Å². The quantitative estimate of drug-likeness (QED) is 0.530. The standard InChI is InChI=1S/C19H17O3P/c1-4-10-17(11-5-1)16-20-23(21-18-12-6-2-7-13-18)22-19-14-8-3-9-15-19/h1-15H,16H2. The fourth-order valence-corrected chi connectivity index (χ4v) is 2.89. The van der Waals surface area contributed by atoms with Gasteiger partial charge in [-0.15, -0.1) is 0 Å². The van der Waals surface area contributed by atoms with Crippen LogP contribution >= 0.6 is 8.60 Å². The summed E-state index contributed by atoms with van der Waals surface area (Å²) in [4.78, 5) is 0. The van der Waals surface area contributed by atoms with E-state index in [0.29, 0.717) is 6.61 Å². The fraction of sp³-hybridized carbons (Fsp3) is 0.0526. The summed E-state index contributed by atoms with van der Waals surface area (Å²) in [5, 5.41) is 0. The van der Waals surface area contributed by atoms with Crippen LogP contribution in [0.5, 0.6) is 11.5 Å². The molecule has 0 saturated carbocycles. The second kappa shape index (κ2) is 8.33. The number of rotatable bonds is 7. The Kier molecular flexibility index (Phi) is 5.63. The molecule has 0 saturated heterocycles. The van der Waals surface area contributed by atoms with Gasteiger partial charge >= 0.3 is 8.60 Å². The van der Waals surface area contributed by atoms with E-state index in [-0.39, 0.29) is 0 Å². The third-order valence-corrected chi connectivity index (χ3v) is 4.09. The molecule has 0 radical (unpaired) electrons. The summed E-state index contributed by atoms with van der Waals surface area (Å²) < 4.78 is 17.6. The molecule has 0 heterocycles. The molecule has 0 aliphatic carbocycles. The van der Waals surface area contributed by atoms with Gasteiger partial charge in [0.2, 0.25) is 0 Å². The molecule has 0 amide bonds. The molecule has 4 heteroatoms. The zero-order valence-corrected chi connectivity index (χ0v) is 13.4. The largest absolute Gasteiger partial charge is 0.463 e. The van der Waals surface area contributed by atoms with Gasteiger partial charge in [0, 0.05) is 0 Å². The van der Waals surface area contributed by atoms with Crippen LogP contribution in [0, 0.1) is 0 Å². The third kappa shape index (κ3) is 5.10. The molecular weight excluding hydrogens is 307 g/mol. The Hall–Kier alpha value is -2.35. The van der Waals surface area contributed by atoms with Crippen molar-refractivity contribution in [3.05, 3.63) is 96.6 Å². The van der Waals surface area contributed by atoms with Crippen LogP contribution in [0.25, 0.3) is 0 Å². The summed E-state index contributed by atoms with van der Waals surface area (Å²) >= 11 is 0. The smallest absolute Gasteiger partial charge is 0.418 e. The zero-order chi connectivity index (χ0) is 15.7. The average Bonchev–Trinajstić information content (AvgIpc) is 2.62. The first-order valence-corrected chi connectivity index (χ1v) is 8.43. The van der Waals surface area contributed by atoms with E-state index in [1.54, 1.807) is 0 Å². The van der Waals surface area contributed by atoms with Gasteiger partial charge in [0.1, 0.15) is 11.5 Å². The normalized spacial score (nSPS) is 10.5. The molecule has 0 bridgehead atoms. The van der Waals surface area contributed by atoms with E-state index < -0.39 is 8.60 Å². The molecule has 0 N–H and O–H groups in total. The van der Waals surface area contributed by atoms with E-state index in [9.17, 15) is 0 Å². The maximum absolute atomic E-state index is 5.86. The molecule has 3 rings (SSSR count). The lowest BCUT2D eigenvalue weighted by molar-refractivity contribution is 0.256. The Balaban J connectivity index is 1.67. The molecule has 3 aromatic carbocycles. The second-order valence-electron chi connectivity index (χ2n) is 4.79. The number of hydrogen-bond acceptors (Lipinski definition) is 3. The molecule has 0 aliphatic heterocycles. The van der Waals surface area contributed by atoms with Crippen LogP contribution in [0.2, 0.25) is 0 Å². The highest BCUT2D eigenvalue weighted by Gasteiger charge is 2.17. The lowest BCUT2D eigenvalue weighted by atomic mass is 10.2. The number of benzene rings is 3. The molecule has 23 heavy (non-hydrogen) atoms. The maximum atomic E-state index is 5.86. The van der Waals surface area contributed by atoms with Crippen molar-refractivity contribution in [2.75, 3.05) is 0 Å².